The Morgan fingerprint density at radius 1 is 1.05 bits per heavy atom. The molecule has 0 saturated carbocycles. The molecule has 0 saturated heterocycles. The summed E-state index contributed by atoms with van der Waals surface area (Å²) < 4.78 is 5.40. The van der Waals surface area contributed by atoms with Gasteiger partial charge in [-0.25, -0.2) is 4.98 Å². The third kappa shape index (κ3) is 2.26. The minimum absolute atomic E-state index is 0.0878. The summed E-state index contributed by atoms with van der Waals surface area (Å²) >= 11 is 0. The van der Waals surface area contributed by atoms with Crippen molar-refractivity contribution in [2.45, 2.75) is 20.8 Å². The number of benzene rings is 1. The largest absolute Gasteiger partial charge is 0.494 e. The van der Waals surface area contributed by atoms with Gasteiger partial charge in [0.05, 0.1) is 7.11 Å². The first-order valence-corrected chi connectivity index (χ1v) is 7.16. The molecule has 0 fully saturated rings. The lowest BCUT2D eigenvalue weighted by Gasteiger charge is -2.11. The Balaban J connectivity index is 2.38. The van der Waals surface area contributed by atoms with Crippen LogP contribution in [0.25, 0.3) is 22.0 Å². The molecular weight excluding hydrogens is 276 g/mol. The molecule has 0 radical (unpaired) electrons. The molecule has 4 heteroatoms. The number of aromatic amines is 1. The molecular formula is C18H18N2O2. The van der Waals surface area contributed by atoms with Crippen LogP contribution in [-0.2, 0) is 0 Å². The minimum Gasteiger partial charge on any atom is -0.494 e. The van der Waals surface area contributed by atoms with Crippen molar-refractivity contribution in [3.8, 4) is 16.9 Å². The van der Waals surface area contributed by atoms with E-state index in [1.807, 2.05) is 51.1 Å². The van der Waals surface area contributed by atoms with Gasteiger partial charge in [0.2, 0.25) is 0 Å². The van der Waals surface area contributed by atoms with Crippen molar-refractivity contribution in [1.82, 2.24) is 9.97 Å². The molecule has 3 aromatic rings. The Kier molecular flexibility index (Phi) is 3.45. The van der Waals surface area contributed by atoms with Crippen LogP contribution in [-0.4, -0.2) is 17.1 Å². The first-order chi connectivity index (χ1) is 10.5. The third-order valence-electron chi connectivity index (χ3n) is 3.97. The maximum Gasteiger partial charge on any atom is 0.256 e. The molecule has 112 valence electrons. The van der Waals surface area contributed by atoms with Gasteiger partial charge in [0, 0.05) is 22.3 Å². The van der Waals surface area contributed by atoms with Gasteiger partial charge >= 0.3 is 0 Å². The summed E-state index contributed by atoms with van der Waals surface area (Å²) in [6.07, 6.45) is 0. The number of hydrogen-bond acceptors (Lipinski definition) is 3. The van der Waals surface area contributed by atoms with Crippen molar-refractivity contribution in [2.75, 3.05) is 7.11 Å². The SMILES string of the molecule is COc1ccc(-c2cc(C)c(C)[nH]c2=O)c2ccc(C)nc12. The monoisotopic (exact) mass is 294 g/mol. The highest BCUT2D eigenvalue weighted by molar-refractivity contribution is 5.97. The zero-order chi connectivity index (χ0) is 15.9. The summed E-state index contributed by atoms with van der Waals surface area (Å²) in [4.78, 5) is 19.8. The Bertz CT molecular complexity index is 926. The van der Waals surface area contributed by atoms with Gasteiger partial charge in [0.1, 0.15) is 11.3 Å². The first kappa shape index (κ1) is 14.3. The molecule has 0 atom stereocenters. The van der Waals surface area contributed by atoms with Crippen LogP contribution in [0, 0.1) is 20.8 Å². The lowest BCUT2D eigenvalue weighted by atomic mass is 9.99. The average molecular weight is 294 g/mol. The maximum atomic E-state index is 12.4. The van der Waals surface area contributed by atoms with Crippen LogP contribution < -0.4 is 10.3 Å². The number of hydrogen-bond donors (Lipinski definition) is 1. The van der Waals surface area contributed by atoms with E-state index in [9.17, 15) is 4.79 Å². The molecule has 0 aliphatic heterocycles. The molecule has 1 N–H and O–H groups in total. The van der Waals surface area contributed by atoms with Crippen LogP contribution >= 0.6 is 0 Å². The van der Waals surface area contributed by atoms with Crippen molar-refractivity contribution in [2.24, 2.45) is 0 Å². The number of H-pyrrole nitrogens is 1. The molecule has 0 aliphatic rings. The van der Waals surface area contributed by atoms with Crippen LogP contribution in [0.15, 0.2) is 35.1 Å². The topological polar surface area (TPSA) is 55.0 Å². The van der Waals surface area contributed by atoms with Gasteiger partial charge in [-0.1, -0.05) is 6.07 Å². The summed E-state index contributed by atoms with van der Waals surface area (Å²) in [6, 6.07) is 9.64. The van der Waals surface area contributed by atoms with E-state index >= 15 is 0 Å². The highest BCUT2D eigenvalue weighted by atomic mass is 16.5. The number of ether oxygens (including phenoxy) is 1. The summed E-state index contributed by atoms with van der Waals surface area (Å²) in [7, 11) is 1.63. The smallest absolute Gasteiger partial charge is 0.256 e. The summed E-state index contributed by atoms with van der Waals surface area (Å²) in [5.41, 5.74) is 5.07. The van der Waals surface area contributed by atoms with Gasteiger partial charge < -0.3 is 9.72 Å². The van der Waals surface area contributed by atoms with Gasteiger partial charge in [-0.15, -0.1) is 0 Å². The number of nitrogens with zero attached hydrogens (tertiary/aromatic N) is 1. The second-order valence-electron chi connectivity index (χ2n) is 5.48. The van der Waals surface area contributed by atoms with Crippen LogP contribution in [0.4, 0.5) is 0 Å². The van der Waals surface area contributed by atoms with E-state index in [0.29, 0.717) is 11.3 Å². The minimum atomic E-state index is -0.0878. The molecule has 3 rings (SSSR count). The highest BCUT2D eigenvalue weighted by Crippen LogP contribution is 2.32. The fourth-order valence-corrected chi connectivity index (χ4v) is 2.62. The predicted octanol–water partition coefficient (Wildman–Crippen LogP) is 3.52. The second-order valence-corrected chi connectivity index (χ2v) is 5.48. The summed E-state index contributed by atoms with van der Waals surface area (Å²) in [5.74, 6) is 0.711. The van der Waals surface area contributed by atoms with Crippen molar-refractivity contribution in [3.05, 3.63) is 57.6 Å². The fraction of sp³-hybridized carbons (Fsp3) is 0.222. The van der Waals surface area contributed by atoms with E-state index in [-0.39, 0.29) is 5.56 Å². The quantitative estimate of drug-likeness (QED) is 0.786. The van der Waals surface area contributed by atoms with Crippen molar-refractivity contribution in [1.29, 1.82) is 0 Å². The van der Waals surface area contributed by atoms with Gasteiger partial charge in [-0.05, 0) is 56.2 Å². The number of pyridine rings is 2. The highest BCUT2D eigenvalue weighted by Gasteiger charge is 2.13. The van der Waals surface area contributed by atoms with E-state index in [2.05, 4.69) is 9.97 Å². The molecule has 4 nitrogen and oxygen atoms in total. The van der Waals surface area contributed by atoms with Gasteiger partial charge in [0.25, 0.3) is 5.56 Å². The molecule has 1 aromatic carbocycles. The Morgan fingerprint density at radius 2 is 1.82 bits per heavy atom. The van der Waals surface area contributed by atoms with Crippen LogP contribution in [0.1, 0.15) is 17.0 Å². The molecule has 2 aromatic heterocycles. The molecule has 0 bridgehead atoms. The van der Waals surface area contributed by atoms with Crippen LogP contribution in [0.3, 0.4) is 0 Å². The zero-order valence-electron chi connectivity index (χ0n) is 13.2. The summed E-state index contributed by atoms with van der Waals surface area (Å²) in [5, 5.41) is 0.915. The molecule has 0 spiro atoms. The maximum absolute atomic E-state index is 12.4. The van der Waals surface area contributed by atoms with Crippen LogP contribution in [0.5, 0.6) is 5.75 Å². The van der Waals surface area contributed by atoms with E-state index in [4.69, 9.17) is 4.74 Å². The standard InChI is InChI=1S/C18H18N2O2/c1-10-9-15(18(21)20-12(10)3)13-7-8-16(22-4)17-14(13)6-5-11(2)19-17/h5-9H,1-4H3,(H,20,21). The predicted molar refractivity (Wildman–Crippen MR) is 88.6 cm³/mol. The number of aryl methyl sites for hydroxylation is 3. The molecule has 0 unspecified atom stereocenters. The van der Waals surface area contributed by atoms with Gasteiger partial charge in [-0.2, -0.15) is 0 Å². The second kappa shape index (κ2) is 5.30. The van der Waals surface area contributed by atoms with E-state index < -0.39 is 0 Å². The molecule has 2 heterocycles. The Morgan fingerprint density at radius 3 is 2.55 bits per heavy atom. The first-order valence-electron chi connectivity index (χ1n) is 7.16. The average Bonchev–Trinajstić information content (AvgIpc) is 2.50. The summed E-state index contributed by atoms with van der Waals surface area (Å²) in [6.45, 7) is 5.83. The lowest BCUT2D eigenvalue weighted by Crippen LogP contribution is -2.11. The van der Waals surface area contributed by atoms with E-state index in [0.717, 1.165) is 33.4 Å². The number of fused-ring (bicyclic) bond motifs is 1. The lowest BCUT2D eigenvalue weighted by molar-refractivity contribution is 0.419. The van der Waals surface area contributed by atoms with Gasteiger partial charge in [0.15, 0.2) is 0 Å². The number of rotatable bonds is 2. The van der Waals surface area contributed by atoms with Gasteiger partial charge in [-0.3, -0.25) is 4.79 Å². The van der Waals surface area contributed by atoms with Crippen molar-refractivity contribution in [3.63, 3.8) is 0 Å². The third-order valence-corrected chi connectivity index (χ3v) is 3.97. The van der Waals surface area contributed by atoms with Crippen molar-refractivity contribution < 1.29 is 4.74 Å². The Hall–Kier alpha value is -2.62. The molecule has 0 amide bonds. The normalized spacial score (nSPS) is 10.9. The zero-order valence-corrected chi connectivity index (χ0v) is 13.2. The van der Waals surface area contributed by atoms with E-state index in [1.165, 1.54) is 0 Å². The Labute approximate surface area is 128 Å². The molecule has 22 heavy (non-hydrogen) atoms. The van der Waals surface area contributed by atoms with Crippen LogP contribution in [0.2, 0.25) is 0 Å². The molecule has 0 aliphatic carbocycles. The number of aromatic nitrogens is 2. The number of methoxy groups -OCH3 is 1. The number of nitrogens with one attached hydrogen (secondary N) is 1. The van der Waals surface area contributed by atoms with Crippen molar-refractivity contribution >= 4 is 10.9 Å². The fourth-order valence-electron chi connectivity index (χ4n) is 2.62. The van der Waals surface area contributed by atoms with E-state index in [1.54, 1.807) is 7.11 Å².